The van der Waals surface area contributed by atoms with Crippen LogP contribution in [0.2, 0.25) is 0 Å². The Bertz CT molecular complexity index is 674. The Hall–Kier alpha value is -2.04. The highest BCUT2D eigenvalue weighted by Gasteiger charge is 2.13. The summed E-state index contributed by atoms with van der Waals surface area (Å²) in [5.41, 5.74) is 2.20. The quantitative estimate of drug-likeness (QED) is 0.669. The molecule has 0 radical (unpaired) electrons. The summed E-state index contributed by atoms with van der Waals surface area (Å²) < 4.78 is 5.73. The Morgan fingerprint density at radius 1 is 0.889 bits per heavy atom. The zero-order chi connectivity index (χ0) is 12.5. The first kappa shape index (κ1) is 11.1. The molecule has 0 saturated heterocycles. The van der Waals surface area contributed by atoms with Crippen molar-refractivity contribution in [3.63, 3.8) is 0 Å². The largest absolute Gasteiger partial charge is 0.488 e. The van der Waals surface area contributed by atoms with Crippen molar-refractivity contribution in [3.8, 4) is 11.3 Å². The van der Waals surface area contributed by atoms with Crippen LogP contribution in [0.1, 0.15) is 0 Å². The summed E-state index contributed by atoms with van der Waals surface area (Å²) >= 11 is 0. The van der Waals surface area contributed by atoms with E-state index in [1.807, 2.05) is 36.4 Å². The van der Waals surface area contributed by atoms with E-state index in [1.165, 1.54) is 0 Å². The maximum absolute atomic E-state index is 9.13. The van der Waals surface area contributed by atoms with E-state index < -0.39 is 7.12 Å². The molecule has 0 saturated carbocycles. The highest BCUT2D eigenvalue weighted by Crippen LogP contribution is 2.26. The average Bonchev–Trinajstić information content (AvgIpc) is 2.82. The van der Waals surface area contributed by atoms with Crippen LogP contribution in [-0.2, 0) is 0 Å². The third-order valence-corrected chi connectivity index (χ3v) is 2.90. The molecular weight excluding hydrogens is 227 g/mol. The molecule has 2 N–H and O–H groups in total. The van der Waals surface area contributed by atoms with Crippen molar-refractivity contribution < 1.29 is 14.5 Å². The van der Waals surface area contributed by atoms with Crippen LogP contribution in [-0.4, -0.2) is 17.2 Å². The molecule has 18 heavy (non-hydrogen) atoms. The molecule has 1 aromatic heterocycles. The van der Waals surface area contributed by atoms with Gasteiger partial charge in [-0.05, 0) is 17.6 Å². The van der Waals surface area contributed by atoms with Gasteiger partial charge in [0.05, 0.1) is 0 Å². The summed E-state index contributed by atoms with van der Waals surface area (Å²) in [5.74, 6) is 0.773. The lowest BCUT2D eigenvalue weighted by molar-refractivity contribution is 0.426. The third kappa shape index (κ3) is 1.92. The second kappa shape index (κ2) is 4.33. The molecule has 3 rings (SSSR count). The molecule has 1 heterocycles. The summed E-state index contributed by atoms with van der Waals surface area (Å²) in [6, 6.07) is 16.8. The summed E-state index contributed by atoms with van der Waals surface area (Å²) in [5, 5.41) is 19.1. The molecule has 0 spiro atoms. The van der Waals surface area contributed by atoms with Crippen LogP contribution >= 0.6 is 0 Å². The van der Waals surface area contributed by atoms with Gasteiger partial charge in [-0.3, -0.25) is 0 Å². The highest BCUT2D eigenvalue weighted by atomic mass is 16.4. The number of furan rings is 1. The number of benzene rings is 2. The van der Waals surface area contributed by atoms with Gasteiger partial charge in [0.2, 0.25) is 0 Å². The first-order valence-electron chi connectivity index (χ1n) is 5.69. The predicted octanol–water partition coefficient (Wildman–Crippen LogP) is 1.78. The monoisotopic (exact) mass is 238 g/mol. The maximum atomic E-state index is 9.13. The van der Waals surface area contributed by atoms with Crippen molar-refractivity contribution in [1.29, 1.82) is 0 Å². The summed E-state index contributed by atoms with van der Waals surface area (Å²) in [6.07, 6.45) is 0. The van der Waals surface area contributed by atoms with E-state index in [2.05, 4.69) is 0 Å². The van der Waals surface area contributed by atoms with E-state index in [0.717, 1.165) is 22.3 Å². The van der Waals surface area contributed by atoms with Crippen LogP contribution in [0, 0.1) is 0 Å². The van der Waals surface area contributed by atoms with Gasteiger partial charge in [-0.25, -0.2) is 0 Å². The van der Waals surface area contributed by atoms with E-state index in [4.69, 9.17) is 14.5 Å². The van der Waals surface area contributed by atoms with E-state index in [9.17, 15) is 0 Å². The van der Waals surface area contributed by atoms with Gasteiger partial charge in [0.15, 0.2) is 0 Å². The van der Waals surface area contributed by atoms with Crippen LogP contribution in [0.25, 0.3) is 22.3 Å². The molecule has 0 aliphatic carbocycles. The van der Waals surface area contributed by atoms with Gasteiger partial charge in [0.1, 0.15) is 11.3 Å². The molecule has 0 atom stereocenters. The van der Waals surface area contributed by atoms with Crippen molar-refractivity contribution in [2.75, 3.05) is 0 Å². The Morgan fingerprint density at radius 3 is 2.39 bits per heavy atom. The molecule has 0 amide bonds. The first-order chi connectivity index (χ1) is 8.74. The van der Waals surface area contributed by atoms with Gasteiger partial charge in [-0.1, -0.05) is 42.5 Å². The molecule has 2 aromatic carbocycles. The molecule has 88 valence electrons. The fourth-order valence-corrected chi connectivity index (χ4v) is 1.97. The number of rotatable bonds is 2. The zero-order valence-electron chi connectivity index (χ0n) is 9.58. The molecule has 0 bridgehead atoms. The molecule has 3 nitrogen and oxygen atoms in total. The SMILES string of the molecule is OB(O)c1ccc2oc(-c3ccccc3)cc2c1. The Labute approximate surface area is 104 Å². The minimum Gasteiger partial charge on any atom is -0.456 e. The molecule has 3 aromatic rings. The number of fused-ring (bicyclic) bond motifs is 1. The van der Waals surface area contributed by atoms with Crippen LogP contribution in [0.15, 0.2) is 59.0 Å². The lowest BCUT2D eigenvalue weighted by Gasteiger charge is -1.97. The standard InChI is InChI=1S/C14H11BO3/c16-15(17)12-6-7-13-11(8-12)9-14(18-13)10-4-2-1-3-5-10/h1-9,16-17H. The van der Waals surface area contributed by atoms with Crippen molar-refractivity contribution in [2.45, 2.75) is 0 Å². The lowest BCUT2D eigenvalue weighted by Crippen LogP contribution is -2.29. The van der Waals surface area contributed by atoms with Gasteiger partial charge in [-0.2, -0.15) is 0 Å². The second-order valence-electron chi connectivity index (χ2n) is 4.15. The minimum absolute atomic E-state index is 0.461. The normalized spacial score (nSPS) is 10.8. The van der Waals surface area contributed by atoms with Gasteiger partial charge >= 0.3 is 7.12 Å². The van der Waals surface area contributed by atoms with E-state index in [1.54, 1.807) is 18.2 Å². The Morgan fingerprint density at radius 2 is 1.67 bits per heavy atom. The topological polar surface area (TPSA) is 53.6 Å². The molecule has 0 fully saturated rings. The minimum atomic E-state index is -1.45. The van der Waals surface area contributed by atoms with Gasteiger partial charge in [-0.15, -0.1) is 0 Å². The average molecular weight is 238 g/mol. The van der Waals surface area contributed by atoms with Crippen molar-refractivity contribution in [1.82, 2.24) is 0 Å². The van der Waals surface area contributed by atoms with E-state index >= 15 is 0 Å². The Balaban J connectivity index is 2.11. The Kier molecular flexibility index (Phi) is 2.66. The molecular formula is C14H11BO3. The zero-order valence-corrected chi connectivity index (χ0v) is 9.58. The van der Waals surface area contributed by atoms with E-state index in [0.29, 0.717) is 5.46 Å². The van der Waals surface area contributed by atoms with Gasteiger partial charge < -0.3 is 14.5 Å². The van der Waals surface area contributed by atoms with Crippen molar-refractivity contribution in [3.05, 3.63) is 54.6 Å². The van der Waals surface area contributed by atoms with Gasteiger partial charge in [0.25, 0.3) is 0 Å². The fourth-order valence-electron chi connectivity index (χ4n) is 1.97. The summed E-state index contributed by atoms with van der Waals surface area (Å²) in [4.78, 5) is 0. The van der Waals surface area contributed by atoms with Crippen molar-refractivity contribution in [2.24, 2.45) is 0 Å². The lowest BCUT2D eigenvalue weighted by atomic mass is 9.80. The van der Waals surface area contributed by atoms with E-state index in [-0.39, 0.29) is 0 Å². The summed E-state index contributed by atoms with van der Waals surface area (Å²) in [6.45, 7) is 0. The molecule has 0 aliphatic rings. The third-order valence-electron chi connectivity index (χ3n) is 2.90. The molecule has 4 heteroatoms. The van der Waals surface area contributed by atoms with Crippen LogP contribution in [0.5, 0.6) is 0 Å². The van der Waals surface area contributed by atoms with Gasteiger partial charge in [0, 0.05) is 10.9 Å². The molecule has 0 unspecified atom stereocenters. The summed E-state index contributed by atoms with van der Waals surface area (Å²) in [7, 11) is -1.45. The second-order valence-corrected chi connectivity index (χ2v) is 4.15. The van der Waals surface area contributed by atoms with Crippen LogP contribution in [0.4, 0.5) is 0 Å². The smallest absolute Gasteiger partial charge is 0.456 e. The van der Waals surface area contributed by atoms with Crippen LogP contribution in [0.3, 0.4) is 0 Å². The predicted molar refractivity (Wildman–Crippen MR) is 71.5 cm³/mol. The fraction of sp³-hybridized carbons (Fsp3) is 0. The number of hydrogen-bond donors (Lipinski definition) is 2. The van der Waals surface area contributed by atoms with Crippen molar-refractivity contribution >= 4 is 23.6 Å². The first-order valence-corrected chi connectivity index (χ1v) is 5.69. The maximum Gasteiger partial charge on any atom is 0.488 e. The number of hydrogen-bond acceptors (Lipinski definition) is 3. The molecule has 0 aliphatic heterocycles. The highest BCUT2D eigenvalue weighted by molar-refractivity contribution is 6.58. The van der Waals surface area contributed by atoms with Crippen LogP contribution < -0.4 is 5.46 Å².